The van der Waals surface area contributed by atoms with Crippen LogP contribution in [0.4, 0.5) is 0 Å². The van der Waals surface area contributed by atoms with E-state index in [1.807, 2.05) is 71.6 Å². The molecule has 2 aromatic carbocycles. The Morgan fingerprint density at radius 1 is 1.00 bits per heavy atom. The molecule has 1 fully saturated rings. The lowest BCUT2D eigenvalue weighted by atomic mass is 9.93. The number of carbonyl (C=O) groups excluding carboxylic acids is 1. The van der Waals surface area contributed by atoms with Crippen LogP contribution in [-0.2, 0) is 0 Å². The minimum Gasteiger partial charge on any atom is -0.496 e. The summed E-state index contributed by atoms with van der Waals surface area (Å²) in [6, 6.07) is 23.6. The van der Waals surface area contributed by atoms with Crippen LogP contribution >= 0.6 is 0 Å². The Hall–Kier alpha value is -3.14. The largest absolute Gasteiger partial charge is 0.496 e. The summed E-state index contributed by atoms with van der Waals surface area (Å²) in [7, 11) is 1.68. The van der Waals surface area contributed by atoms with E-state index in [1.54, 1.807) is 7.11 Å². The highest BCUT2D eigenvalue weighted by Gasteiger charge is 2.26. The average Bonchev–Trinajstić information content (AvgIpc) is 2.79. The van der Waals surface area contributed by atoms with Crippen LogP contribution in [0.25, 0.3) is 11.3 Å². The number of para-hydroxylation sites is 1. The molecular formula is C24H24N2O2. The highest BCUT2D eigenvalue weighted by molar-refractivity contribution is 5.94. The summed E-state index contributed by atoms with van der Waals surface area (Å²) >= 11 is 0. The predicted octanol–water partition coefficient (Wildman–Crippen LogP) is 4.78. The molecule has 1 aliphatic heterocycles. The Bertz CT molecular complexity index is 956. The smallest absolute Gasteiger partial charge is 0.253 e. The van der Waals surface area contributed by atoms with Crippen molar-refractivity contribution in [3.05, 3.63) is 84.1 Å². The van der Waals surface area contributed by atoms with E-state index in [0.29, 0.717) is 6.54 Å². The monoisotopic (exact) mass is 372 g/mol. The van der Waals surface area contributed by atoms with Crippen molar-refractivity contribution >= 4 is 5.91 Å². The summed E-state index contributed by atoms with van der Waals surface area (Å²) in [4.78, 5) is 19.7. The van der Waals surface area contributed by atoms with Gasteiger partial charge in [-0.1, -0.05) is 36.4 Å². The summed E-state index contributed by atoms with van der Waals surface area (Å²) in [6.07, 6.45) is 2.03. The van der Waals surface area contributed by atoms with Gasteiger partial charge in [-0.25, -0.2) is 0 Å². The van der Waals surface area contributed by atoms with Crippen molar-refractivity contribution in [3.8, 4) is 17.0 Å². The fourth-order valence-corrected chi connectivity index (χ4v) is 3.85. The van der Waals surface area contributed by atoms with E-state index in [9.17, 15) is 4.79 Å². The summed E-state index contributed by atoms with van der Waals surface area (Å²) in [5.41, 5.74) is 3.68. The molecule has 28 heavy (non-hydrogen) atoms. The highest BCUT2D eigenvalue weighted by atomic mass is 16.5. The standard InChI is InChI=1S/C24H24N2O2/c1-28-23-15-6-5-12-20(23)22-14-7-13-21(25-22)19-11-8-16-26(17-19)24(27)18-9-3-2-4-10-18/h2-7,9-10,12-15,19H,8,11,16-17H2,1H3/t19-/m0/s1. The van der Waals surface area contributed by atoms with Crippen molar-refractivity contribution in [3.63, 3.8) is 0 Å². The summed E-state index contributed by atoms with van der Waals surface area (Å²) < 4.78 is 5.49. The van der Waals surface area contributed by atoms with Gasteiger partial charge in [0.15, 0.2) is 0 Å². The minimum atomic E-state index is 0.103. The Morgan fingerprint density at radius 2 is 1.79 bits per heavy atom. The molecule has 0 saturated carbocycles. The average molecular weight is 372 g/mol. The van der Waals surface area contributed by atoms with Gasteiger partial charge in [0, 0.05) is 35.8 Å². The Labute approximate surface area is 165 Å². The Kier molecular flexibility index (Phi) is 5.38. The number of likely N-dealkylation sites (tertiary alicyclic amines) is 1. The maximum atomic E-state index is 12.8. The van der Waals surface area contributed by atoms with Crippen molar-refractivity contribution in [1.29, 1.82) is 0 Å². The topological polar surface area (TPSA) is 42.4 Å². The zero-order valence-corrected chi connectivity index (χ0v) is 16.0. The quantitative estimate of drug-likeness (QED) is 0.662. The first kappa shape index (κ1) is 18.2. The van der Waals surface area contributed by atoms with Gasteiger partial charge in [-0.05, 0) is 49.2 Å². The normalized spacial score (nSPS) is 16.6. The second-order valence-corrected chi connectivity index (χ2v) is 7.10. The van der Waals surface area contributed by atoms with Crippen molar-refractivity contribution in [1.82, 2.24) is 9.88 Å². The number of hydrogen-bond donors (Lipinski definition) is 0. The van der Waals surface area contributed by atoms with Crippen LogP contribution < -0.4 is 4.74 Å². The molecule has 1 aliphatic rings. The van der Waals surface area contributed by atoms with Crippen molar-refractivity contribution in [2.75, 3.05) is 20.2 Å². The van der Waals surface area contributed by atoms with Crippen LogP contribution in [0, 0.1) is 0 Å². The number of piperidine rings is 1. The molecule has 1 amide bonds. The van der Waals surface area contributed by atoms with E-state index in [1.165, 1.54) is 0 Å². The molecule has 4 rings (SSSR count). The van der Waals surface area contributed by atoms with Gasteiger partial charge in [-0.3, -0.25) is 9.78 Å². The van der Waals surface area contributed by atoms with E-state index in [-0.39, 0.29) is 11.8 Å². The van der Waals surface area contributed by atoms with Gasteiger partial charge in [0.05, 0.1) is 12.8 Å². The van der Waals surface area contributed by atoms with Crippen molar-refractivity contribution in [2.45, 2.75) is 18.8 Å². The number of pyridine rings is 1. The van der Waals surface area contributed by atoms with Crippen LogP contribution in [0.15, 0.2) is 72.8 Å². The number of carbonyl (C=O) groups is 1. The second kappa shape index (κ2) is 8.26. The summed E-state index contributed by atoms with van der Waals surface area (Å²) in [5, 5.41) is 0. The van der Waals surface area contributed by atoms with Gasteiger partial charge in [0.2, 0.25) is 0 Å². The molecule has 0 radical (unpaired) electrons. The van der Waals surface area contributed by atoms with Gasteiger partial charge in [-0.2, -0.15) is 0 Å². The molecule has 0 aliphatic carbocycles. The molecule has 0 unspecified atom stereocenters. The second-order valence-electron chi connectivity index (χ2n) is 7.10. The van der Waals surface area contributed by atoms with E-state index < -0.39 is 0 Å². The molecule has 0 bridgehead atoms. The fraction of sp³-hybridized carbons (Fsp3) is 0.250. The third-order valence-corrected chi connectivity index (χ3v) is 5.30. The van der Waals surface area contributed by atoms with Crippen molar-refractivity contribution in [2.24, 2.45) is 0 Å². The maximum absolute atomic E-state index is 12.8. The molecule has 1 aromatic heterocycles. The van der Waals surface area contributed by atoms with E-state index in [4.69, 9.17) is 9.72 Å². The molecule has 0 N–H and O–H groups in total. The Balaban J connectivity index is 1.57. The van der Waals surface area contributed by atoms with Crippen LogP contribution in [0.3, 0.4) is 0 Å². The molecular weight excluding hydrogens is 348 g/mol. The highest BCUT2D eigenvalue weighted by Crippen LogP contribution is 2.31. The zero-order valence-electron chi connectivity index (χ0n) is 16.0. The van der Waals surface area contributed by atoms with Crippen molar-refractivity contribution < 1.29 is 9.53 Å². The number of rotatable bonds is 4. The summed E-state index contributed by atoms with van der Waals surface area (Å²) in [6.45, 7) is 1.51. The predicted molar refractivity (Wildman–Crippen MR) is 111 cm³/mol. The van der Waals surface area contributed by atoms with Gasteiger partial charge in [0.1, 0.15) is 5.75 Å². The molecule has 0 spiro atoms. The first-order valence-corrected chi connectivity index (χ1v) is 9.71. The lowest BCUT2D eigenvalue weighted by molar-refractivity contribution is 0.0706. The lowest BCUT2D eigenvalue weighted by Crippen LogP contribution is -2.39. The summed E-state index contributed by atoms with van der Waals surface area (Å²) in [5.74, 6) is 1.17. The first-order valence-electron chi connectivity index (χ1n) is 9.71. The third-order valence-electron chi connectivity index (χ3n) is 5.30. The van der Waals surface area contributed by atoms with Gasteiger partial charge in [-0.15, -0.1) is 0 Å². The van der Waals surface area contributed by atoms with Crippen LogP contribution in [-0.4, -0.2) is 36.0 Å². The SMILES string of the molecule is COc1ccccc1-c1cccc([C@H]2CCCN(C(=O)c3ccccc3)C2)n1. The first-order chi connectivity index (χ1) is 13.8. The molecule has 4 nitrogen and oxygen atoms in total. The number of methoxy groups -OCH3 is 1. The molecule has 3 aromatic rings. The number of hydrogen-bond acceptors (Lipinski definition) is 3. The molecule has 2 heterocycles. The minimum absolute atomic E-state index is 0.103. The molecule has 1 atom stereocenters. The number of nitrogens with zero attached hydrogens (tertiary/aromatic N) is 2. The Morgan fingerprint density at radius 3 is 2.61 bits per heavy atom. The van der Waals surface area contributed by atoms with E-state index in [0.717, 1.165) is 47.7 Å². The molecule has 1 saturated heterocycles. The third kappa shape index (κ3) is 3.77. The number of ether oxygens (including phenoxy) is 1. The van der Waals surface area contributed by atoms with Crippen LogP contribution in [0.2, 0.25) is 0 Å². The van der Waals surface area contributed by atoms with Gasteiger partial charge >= 0.3 is 0 Å². The number of aromatic nitrogens is 1. The fourth-order valence-electron chi connectivity index (χ4n) is 3.85. The van der Waals surface area contributed by atoms with E-state index in [2.05, 4.69) is 6.07 Å². The van der Waals surface area contributed by atoms with Crippen LogP contribution in [0.1, 0.15) is 34.8 Å². The number of benzene rings is 2. The van der Waals surface area contributed by atoms with Gasteiger partial charge in [0.25, 0.3) is 5.91 Å². The van der Waals surface area contributed by atoms with E-state index >= 15 is 0 Å². The number of amides is 1. The molecule has 4 heteroatoms. The van der Waals surface area contributed by atoms with Crippen LogP contribution in [0.5, 0.6) is 5.75 Å². The van der Waals surface area contributed by atoms with Gasteiger partial charge < -0.3 is 9.64 Å². The zero-order chi connectivity index (χ0) is 19.3. The molecule has 142 valence electrons. The lowest BCUT2D eigenvalue weighted by Gasteiger charge is -2.32. The maximum Gasteiger partial charge on any atom is 0.253 e.